The van der Waals surface area contributed by atoms with Crippen LogP contribution in [0, 0.1) is 6.92 Å². The van der Waals surface area contributed by atoms with Crippen molar-refractivity contribution in [1.29, 1.82) is 0 Å². The lowest BCUT2D eigenvalue weighted by Crippen LogP contribution is -2.20. The molecule has 0 saturated heterocycles. The Kier molecular flexibility index (Phi) is 5.65. The van der Waals surface area contributed by atoms with Gasteiger partial charge >= 0.3 is 5.97 Å². The number of thiophene rings is 1. The zero-order chi connectivity index (χ0) is 18.8. The fraction of sp³-hybridized carbons (Fsp3) is 0.333. The van der Waals surface area contributed by atoms with Gasteiger partial charge in [-0.1, -0.05) is 6.92 Å². The number of carboxylic acid groups (broad SMARTS) is 1. The average Bonchev–Trinajstić information content (AvgIpc) is 3.08. The van der Waals surface area contributed by atoms with Gasteiger partial charge in [0.05, 0.1) is 18.4 Å². The summed E-state index contributed by atoms with van der Waals surface area (Å²) >= 11 is 1.19. The van der Waals surface area contributed by atoms with Gasteiger partial charge in [0.25, 0.3) is 5.91 Å². The molecule has 0 radical (unpaired) electrons. The van der Waals surface area contributed by atoms with E-state index < -0.39 is 21.9 Å². The van der Waals surface area contributed by atoms with Gasteiger partial charge < -0.3 is 14.8 Å². The van der Waals surface area contributed by atoms with E-state index in [1.165, 1.54) is 23.5 Å². The van der Waals surface area contributed by atoms with Gasteiger partial charge in [0.2, 0.25) is 10.0 Å². The minimum Gasteiger partial charge on any atom is -0.478 e. The summed E-state index contributed by atoms with van der Waals surface area (Å²) in [5.74, 6) is -1.47. The maximum Gasteiger partial charge on any atom is 0.339 e. The van der Waals surface area contributed by atoms with Crippen molar-refractivity contribution in [2.45, 2.75) is 26.8 Å². The van der Waals surface area contributed by atoms with E-state index in [2.05, 4.69) is 10.0 Å². The molecule has 3 N–H and O–H groups in total. The average molecular weight is 386 g/mol. The molecule has 0 atom stereocenters. The number of hydrogen-bond donors (Lipinski definition) is 3. The molecule has 10 heteroatoms. The monoisotopic (exact) mass is 386 g/mol. The number of carbonyl (C=O) groups is 2. The van der Waals surface area contributed by atoms with E-state index in [4.69, 9.17) is 4.42 Å². The summed E-state index contributed by atoms with van der Waals surface area (Å²) in [5.41, 5.74) is 0.772. The molecule has 0 bridgehead atoms. The summed E-state index contributed by atoms with van der Waals surface area (Å²) in [4.78, 5) is 24.6. The topological polar surface area (TPSA) is 126 Å². The predicted molar refractivity (Wildman–Crippen MR) is 93.7 cm³/mol. The number of carbonyl (C=O) groups excluding carboxylic acids is 1. The number of rotatable bonds is 7. The van der Waals surface area contributed by atoms with Gasteiger partial charge in [0.15, 0.2) is 5.76 Å². The molecule has 25 heavy (non-hydrogen) atoms. The molecule has 136 valence electrons. The number of sulfonamides is 1. The quantitative estimate of drug-likeness (QED) is 0.670. The van der Waals surface area contributed by atoms with E-state index in [1.54, 1.807) is 6.92 Å². The molecule has 2 aromatic heterocycles. The van der Waals surface area contributed by atoms with Crippen LogP contribution < -0.4 is 10.0 Å². The maximum absolute atomic E-state index is 12.3. The Morgan fingerprint density at radius 1 is 1.32 bits per heavy atom. The van der Waals surface area contributed by atoms with Crippen molar-refractivity contribution in [3.63, 3.8) is 0 Å². The largest absolute Gasteiger partial charge is 0.478 e. The third-order valence-electron chi connectivity index (χ3n) is 3.40. The van der Waals surface area contributed by atoms with Crippen LogP contribution in [0.5, 0.6) is 0 Å². The second-order valence-corrected chi connectivity index (χ2v) is 8.37. The lowest BCUT2D eigenvalue weighted by Gasteiger charge is -2.03. The minimum absolute atomic E-state index is 0.0364. The molecule has 0 saturated carbocycles. The summed E-state index contributed by atoms with van der Waals surface area (Å²) in [6, 6.07) is 2.87. The number of amides is 1. The molecular formula is C15H18N2O6S2. The number of anilines is 1. The van der Waals surface area contributed by atoms with Gasteiger partial charge in [0.1, 0.15) is 10.8 Å². The van der Waals surface area contributed by atoms with Crippen molar-refractivity contribution < 1.29 is 27.5 Å². The number of furan rings is 1. The van der Waals surface area contributed by atoms with E-state index in [-0.39, 0.29) is 28.6 Å². The highest BCUT2D eigenvalue weighted by Crippen LogP contribution is 2.33. The smallest absolute Gasteiger partial charge is 0.339 e. The first-order chi connectivity index (χ1) is 11.6. The Balaban J connectivity index is 2.18. The zero-order valence-corrected chi connectivity index (χ0v) is 15.5. The van der Waals surface area contributed by atoms with Crippen LogP contribution in [0.1, 0.15) is 44.0 Å². The lowest BCUT2D eigenvalue weighted by atomic mass is 10.1. The maximum atomic E-state index is 12.3. The van der Waals surface area contributed by atoms with Crippen molar-refractivity contribution >= 4 is 38.2 Å². The van der Waals surface area contributed by atoms with Gasteiger partial charge in [0, 0.05) is 4.88 Å². The molecular weight excluding hydrogens is 368 g/mol. The third-order valence-corrected chi connectivity index (χ3v) is 5.13. The summed E-state index contributed by atoms with van der Waals surface area (Å²) in [6.45, 7) is 3.57. The standard InChI is InChI=1S/C15H18N2O6S2/c1-4-10-8(2)24-14(12(10)15(19)20)17-13(18)11-6-5-9(23-11)7-16-25(3,21)22/h5-6,16H,4,7H2,1-3H3,(H,17,18)(H,19,20). The normalized spacial score (nSPS) is 11.5. The van der Waals surface area contributed by atoms with Gasteiger partial charge in [-0.15, -0.1) is 11.3 Å². The number of aromatic carboxylic acids is 1. The van der Waals surface area contributed by atoms with Crippen molar-refractivity contribution in [2.24, 2.45) is 0 Å². The first-order valence-corrected chi connectivity index (χ1v) is 10.0. The fourth-order valence-electron chi connectivity index (χ4n) is 2.28. The highest BCUT2D eigenvalue weighted by molar-refractivity contribution is 7.88. The Hall–Kier alpha value is -2.17. The molecule has 0 aliphatic heterocycles. The second-order valence-electron chi connectivity index (χ2n) is 5.31. The Labute approximate surface area is 148 Å². The van der Waals surface area contributed by atoms with Gasteiger partial charge in [-0.2, -0.15) is 0 Å². The van der Waals surface area contributed by atoms with Crippen LogP contribution >= 0.6 is 11.3 Å². The van der Waals surface area contributed by atoms with Crippen LogP contribution in [0.25, 0.3) is 0 Å². The van der Waals surface area contributed by atoms with E-state index in [0.29, 0.717) is 12.0 Å². The van der Waals surface area contributed by atoms with Crippen LogP contribution in [-0.2, 0) is 23.0 Å². The van der Waals surface area contributed by atoms with Crippen molar-refractivity contribution in [3.8, 4) is 0 Å². The molecule has 2 heterocycles. The third kappa shape index (κ3) is 4.68. The first kappa shape index (κ1) is 19.2. The molecule has 2 aromatic rings. The summed E-state index contributed by atoms with van der Waals surface area (Å²) in [5, 5.41) is 12.2. The van der Waals surface area contributed by atoms with Crippen LogP contribution in [0.3, 0.4) is 0 Å². The number of carboxylic acids is 1. The van der Waals surface area contributed by atoms with Crippen molar-refractivity contribution in [2.75, 3.05) is 11.6 Å². The van der Waals surface area contributed by atoms with Crippen LogP contribution in [0.15, 0.2) is 16.5 Å². The predicted octanol–water partition coefficient (Wildman–Crippen LogP) is 2.21. The molecule has 2 rings (SSSR count). The molecule has 0 spiro atoms. The Morgan fingerprint density at radius 3 is 2.56 bits per heavy atom. The number of aryl methyl sites for hydroxylation is 1. The van der Waals surface area contributed by atoms with Gasteiger partial charge in [-0.05, 0) is 31.0 Å². The summed E-state index contributed by atoms with van der Waals surface area (Å²) < 4.78 is 29.7. The fourth-order valence-corrected chi connectivity index (χ4v) is 3.82. The van der Waals surface area contributed by atoms with Crippen LogP contribution in [-0.4, -0.2) is 31.7 Å². The molecule has 1 amide bonds. The Bertz CT molecular complexity index is 911. The molecule has 0 aromatic carbocycles. The number of nitrogens with one attached hydrogen (secondary N) is 2. The van der Waals surface area contributed by atoms with Gasteiger partial charge in [-0.25, -0.2) is 17.9 Å². The van der Waals surface area contributed by atoms with Crippen molar-refractivity contribution in [3.05, 3.63) is 39.7 Å². The van der Waals surface area contributed by atoms with Crippen LogP contribution in [0.2, 0.25) is 0 Å². The van der Waals surface area contributed by atoms with E-state index in [1.807, 2.05) is 6.92 Å². The number of hydrogen-bond acceptors (Lipinski definition) is 6. The Morgan fingerprint density at radius 2 is 2.00 bits per heavy atom. The van der Waals surface area contributed by atoms with E-state index in [0.717, 1.165) is 11.1 Å². The minimum atomic E-state index is -3.38. The van der Waals surface area contributed by atoms with Crippen LogP contribution in [0.4, 0.5) is 5.00 Å². The highest BCUT2D eigenvalue weighted by atomic mass is 32.2. The molecule has 0 unspecified atom stereocenters. The van der Waals surface area contributed by atoms with E-state index >= 15 is 0 Å². The highest BCUT2D eigenvalue weighted by Gasteiger charge is 2.23. The molecule has 0 fully saturated rings. The lowest BCUT2D eigenvalue weighted by molar-refractivity contribution is 0.0697. The SMILES string of the molecule is CCc1c(C)sc(NC(=O)c2ccc(CNS(C)(=O)=O)o2)c1C(=O)O. The van der Waals surface area contributed by atoms with E-state index in [9.17, 15) is 23.1 Å². The molecule has 0 aliphatic rings. The molecule has 8 nitrogen and oxygen atoms in total. The first-order valence-electron chi connectivity index (χ1n) is 7.32. The summed E-state index contributed by atoms with van der Waals surface area (Å²) in [7, 11) is -3.38. The summed E-state index contributed by atoms with van der Waals surface area (Å²) in [6.07, 6.45) is 1.56. The molecule has 0 aliphatic carbocycles. The zero-order valence-electron chi connectivity index (χ0n) is 13.9. The second kappa shape index (κ2) is 7.38. The van der Waals surface area contributed by atoms with Gasteiger partial charge in [-0.3, -0.25) is 4.79 Å². The van der Waals surface area contributed by atoms with Crippen molar-refractivity contribution in [1.82, 2.24) is 4.72 Å².